The maximum atomic E-state index is 12.7. The number of nitrogens with zero attached hydrogens (tertiary/aromatic N) is 2. The van der Waals surface area contributed by atoms with Gasteiger partial charge in [-0.05, 0) is 19.8 Å². The molecule has 0 bridgehead atoms. The second-order valence-electron chi connectivity index (χ2n) is 5.66. The van der Waals surface area contributed by atoms with Crippen molar-refractivity contribution >= 4 is 23.1 Å². The molecule has 2 N–H and O–H groups in total. The Balaban J connectivity index is 2.60. The van der Waals surface area contributed by atoms with Crippen molar-refractivity contribution < 1.29 is 9.53 Å². The smallest absolute Gasteiger partial charge is 0.239 e. The highest BCUT2D eigenvalue weighted by atomic mass is 32.1. The SMILES string of the molecule is COCCN(CCC(N)=S)C(C)C(=O)N1CCCCCC1. The quantitative estimate of drug-likeness (QED) is 0.686. The van der Waals surface area contributed by atoms with Gasteiger partial charge in [0.05, 0.1) is 17.6 Å². The van der Waals surface area contributed by atoms with Crippen LogP contribution in [0.3, 0.4) is 0 Å². The lowest BCUT2D eigenvalue weighted by Gasteiger charge is -2.32. The molecule has 5 nitrogen and oxygen atoms in total. The average Bonchev–Trinajstić information content (AvgIpc) is 2.74. The minimum Gasteiger partial charge on any atom is -0.393 e. The van der Waals surface area contributed by atoms with Crippen LogP contribution in [0.1, 0.15) is 39.0 Å². The lowest BCUT2D eigenvalue weighted by molar-refractivity contribution is -0.136. The summed E-state index contributed by atoms with van der Waals surface area (Å²) in [5.41, 5.74) is 5.59. The van der Waals surface area contributed by atoms with Crippen LogP contribution in [0, 0.1) is 0 Å². The van der Waals surface area contributed by atoms with Crippen LogP contribution in [0.4, 0.5) is 0 Å². The first-order valence-electron chi connectivity index (χ1n) is 7.86. The second-order valence-corrected chi connectivity index (χ2v) is 6.18. The van der Waals surface area contributed by atoms with Gasteiger partial charge >= 0.3 is 0 Å². The third-order valence-corrected chi connectivity index (χ3v) is 4.26. The van der Waals surface area contributed by atoms with Crippen LogP contribution in [-0.2, 0) is 9.53 Å². The van der Waals surface area contributed by atoms with Gasteiger partial charge < -0.3 is 15.4 Å². The normalized spacial score (nSPS) is 17.6. The minimum atomic E-state index is -0.146. The fraction of sp³-hybridized carbons (Fsp3) is 0.867. The van der Waals surface area contributed by atoms with Crippen molar-refractivity contribution in [3.05, 3.63) is 0 Å². The molecule has 1 aliphatic rings. The Morgan fingerprint density at radius 3 is 2.43 bits per heavy atom. The Bertz CT molecular complexity index is 331. The highest BCUT2D eigenvalue weighted by Crippen LogP contribution is 2.13. The van der Waals surface area contributed by atoms with E-state index in [0.29, 0.717) is 24.6 Å². The summed E-state index contributed by atoms with van der Waals surface area (Å²) in [6.45, 7) is 5.78. The van der Waals surface area contributed by atoms with Gasteiger partial charge in [-0.15, -0.1) is 0 Å². The van der Waals surface area contributed by atoms with Crippen LogP contribution in [0.15, 0.2) is 0 Å². The molecule has 1 rings (SSSR count). The van der Waals surface area contributed by atoms with Crippen molar-refractivity contribution in [3.8, 4) is 0 Å². The predicted molar refractivity (Wildman–Crippen MR) is 89.4 cm³/mol. The van der Waals surface area contributed by atoms with E-state index in [1.165, 1.54) is 12.8 Å². The predicted octanol–water partition coefficient (Wildman–Crippen LogP) is 1.40. The molecule has 0 aromatic carbocycles. The number of carbonyl (C=O) groups is 1. The van der Waals surface area contributed by atoms with E-state index < -0.39 is 0 Å². The van der Waals surface area contributed by atoms with Crippen LogP contribution in [0.5, 0.6) is 0 Å². The lowest BCUT2D eigenvalue weighted by atomic mass is 10.2. The molecule has 21 heavy (non-hydrogen) atoms. The van der Waals surface area contributed by atoms with E-state index in [2.05, 4.69) is 4.90 Å². The minimum absolute atomic E-state index is 0.146. The zero-order valence-electron chi connectivity index (χ0n) is 13.3. The van der Waals surface area contributed by atoms with Crippen molar-refractivity contribution in [2.75, 3.05) is 39.9 Å². The molecule has 1 amide bonds. The lowest BCUT2D eigenvalue weighted by Crippen LogP contribution is -2.49. The monoisotopic (exact) mass is 315 g/mol. The molecule has 0 aliphatic carbocycles. The summed E-state index contributed by atoms with van der Waals surface area (Å²) in [4.78, 5) is 17.3. The number of hydrogen-bond donors (Lipinski definition) is 1. The summed E-state index contributed by atoms with van der Waals surface area (Å²) in [5, 5.41) is 0. The molecule has 1 heterocycles. The third kappa shape index (κ3) is 6.72. The van der Waals surface area contributed by atoms with Gasteiger partial charge in [0.25, 0.3) is 0 Å². The number of amides is 1. The van der Waals surface area contributed by atoms with Crippen LogP contribution < -0.4 is 5.73 Å². The highest BCUT2D eigenvalue weighted by Gasteiger charge is 2.26. The Morgan fingerprint density at radius 2 is 1.90 bits per heavy atom. The van der Waals surface area contributed by atoms with Gasteiger partial charge in [0, 0.05) is 39.7 Å². The summed E-state index contributed by atoms with van der Waals surface area (Å²) < 4.78 is 5.14. The zero-order chi connectivity index (χ0) is 15.7. The first-order valence-corrected chi connectivity index (χ1v) is 8.27. The van der Waals surface area contributed by atoms with Crippen molar-refractivity contribution in [2.24, 2.45) is 5.73 Å². The van der Waals surface area contributed by atoms with Crippen molar-refractivity contribution in [3.63, 3.8) is 0 Å². The molecule has 1 fully saturated rings. The number of carbonyl (C=O) groups excluding carboxylic acids is 1. The molecule has 1 unspecified atom stereocenters. The molecule has 0 radical (unpaired) electrons. The van der Waals surface area contributed by atoms with Crippen LogP contribution in [-0.4, -0.2) is 66.6 Å². The fourth-order valence-electron chi connectivity index (χ4n) is 2.67. The molecule has 1 saturated heterocycles. The molecule has 0 spiro atoms. The molecule has 1 aliphatic heterocycles. The summed E-state index contributed by atoms with van der Waals surface area (Å²) in [6.07, 6.45) is 5.32. The first-order chi connectivity index (χ1) is 10.1. The summed E-state index contributed by atoms with van der Waals surface area (Å²) in [5.74, 6) is 0.218. The molecule has 0 aromatic rings. The van der Waals surface area contributed by atoms with E-state index >= 15 is 0 Å². The molecule has 1 atom stereocenters. The Labute approximate surface area is 133 Å². The summed E-state index contributed by atoms with van der Waals surface area (Å²) in [6, 6.07) is -0.146. The molecular formula is C15H29N3O2S. The van der Waals surface area contributed by atoms with Gasteiger partial charge in [-0.1, -0.05) is 25.1 Å². The number of thiocarbonyl (C=S) groups is 1. The van der Waals surface area contributed by atoms with Crippen molar-refractivity contribution in [1.82, 2.24) is 9.80 Å². The number of ether oxygens (including phenoxy) is 1. The molecular weight excluding hydrogens is 286 g/mol. The first kappa shape index (κ1) is 18.3. The third-order valence-electron chi connectivity index (χ3n) is 4.05. The Kier molecular flexibility index (Phi) is 8.80. The van der Waals surface area contributed by atoms with E-state index in [4.69, 9.17) is 22.7 Å². The van der Waals surface area contributed by atoms with E-state index in [1.54, 1.807) is 7.11 Å². The number of hydrogen-bond acceptors (Lipinski definition) is 4. The van der Waals surface area contributed by atoms with Crippen LogP contribution in [0.25, 0.3) is 0 Å². The largest absolute Gasteiger partial charge is 0.393 e. The topological polar surface area (TPSA) is 58.8 Å². The summed E-state index contributed by atoms with van der Waals surface area (Å²) >= 11 is 4.95. The molecule has 6 heteroatoms. The maximum Gasteiger partial charge on any atom is 0.239 e. The van der Waals surface area contributed by atoms with Crippen molar-refractivity contribution in [1.29, 1.82) is 0 Å². The van der Waals surface area contributed by atoms with Gasteiger partial charge in [0.2, 0.25) is 5.91 Å². The van der Waals surface area contributed by atoms with E-state index in [9.17, 15) is 4.79 Å². The van der Waals surface area contributed by atoms with E-state index in [-0.39, 0.29) is 11.9 Å². The highest BCUT2D eigenvalue weighted by molar-refractivity contribution is 7.80. The second kappa shape index (κ2) is 10.1. The number of nitrogens with two attached hydrogens (primary N) is 1. The molecule has 0 aromatic heterocycles. The number of rotatable bonds is 8. The van der Waals surface area contributed by atoms with E-state index in [0.717, 1.165) is 32.5 Å². The van der Waals surface area contributed by atoms with Gasteiger partial charge in [-0.2, -0.15) is 0 Å². The summed E-state index contributed by atoms with van der Waals surface area (Å²) in [7, 11) is 1.67. The van der Waals surface area contributed by atoms with Crippen molar-refractivity contribution in [2.45, 2.75) is 45.1 Å². The Hall–Kier alpha value is -0.720. The fourth-order valence-corrected chi connectivity index (χ4v) is 2.76. The molecule has 122 valence electrons. The van der Waals surface area contributed by atoms with E-state index in [1.807, 2.05) is 11.8 Å². The Morgan fingerprint density at radius 1 is 1.29 bits per heavy atom. The van der Waals surface area contributed by atoms with Gasteiger partial charge in [0.1, 0.15) is 0 Å². The van der Waals surface area contributed by atoms with Gasteiger partial charge in [0.15, 0.2) is 0 Å². The maximum absolute atomic E-state index is 12.7. The van der Waals surface area contributed by atoms with Crippen LogP contribution in [0.2, 0.25) is 0 Å². The number of likely N-dealkylation sites (tertiary alicyclic amines) is 1. The van der Waals surface area contributed by atoms with Gasteiger partial charge in [-0.25, -0.2) is 0 Å². The van der Waals surface area contributed by atoms with Crippen LogP contribution >= 0.6 is 12.2 Å². The standard InChI is InChI=1S/C15H29N3O2S/c1-13(15(19)18-8-5-3-4-6-9-18)17(11-12-20-2)10-7-14(16)21/h13H,3-12H2,1-2H3,(H2,16,21). The van der Waals surface area contributed by atoms with Gasteiger partial charge in [-0.3, -0.25) is 9.69 Å². The zero-order valence-corrected chi connectivity index (χ0v) is 14.2. The number of methoxy groups -OCH3 is 1. The molecule has 0 saturated carbocycles. The average molecular weight is 315 g/mol.